The Labute approximate surface area is 168 Å². The van der Waals surface area contributed by atoms with Crippen molar-refractivity contribution in [1.29, 1.82) is 5.26 Å². The van der Waals surface area contributed by atoms with Gasteiger partial charge in [-0.25, -0.2) is 8.42 Å². The highest BCUT2D eigenvalue weighted by molar-refractivity contribution is 7.89. The van der Waals surface area contributed by atoms with E-state index in [0.29, 0.717) is 44.8 Å². The van der Waals surface area contributed by atoms with Gasteiger partial charge in [0.15, 0.2) is 0 Å². The molecule has 1 aliphatic heterocycles. The van der Waals surface area contributed by atoms with Crippen molar-refractivity contribution < 1.29 is 13.2 Å². The Hall–Kier alpha value is -1.95. The molecule has 2 rings (SSSR count). The van der Waals surface area contributed by atoms with Gasteiger partial charge in [0.05, 0.1) is 11.0 Å². The smallest absolute Gasteiger partial charge is 0.253 e. The van der Waals surface area contributed by atoms with Gasteiger partial charge in [0, 0.05) is 44.8 Å². The van der Waals surface area contributed by atoms with E-state index in [2.05, 4.69) is 11.0 Å². The van der Waals surface area contributed by atoms with Crippen molar-refractivity contribution in [3.05, 3.63) is 29.8 Å². The minimum absolute atomic E-state index is 0.144. The maximum atomic E-state index is 12.9. The minimum Gasteiger partial charge on any atom is -0.336 e. The third-order valence-electron chi connectivity index (χ3n) is 5.18. The minimum atomic E-state index is -3.60. The van der Waals surface area contributed by atoms with Crippen molar-refractivity contribution >= 4 is 15.9 Å². The van der Waals surface area contributed by atoms with Crippen LogP contribution in [0.4, 0.5) is 0 Å². The van der Waals surface area contributed by atoms with E-state index >= 15 is 0 Å². The van der Waals surface area contributed by atoms with Gasteiger partial charge >= 0.3 is 0 Å². The summed E-state index contributed by atoms with van der Waals surface area (Å²) in [5.41, 5.74) is 0.377. The fourth-order valence-electron chi connectivity index (χ4n) is 3.54. The van der Waals surface area contributed by atoms with Crippen LogP contribution < -0.4 is 0 Å². The number of hydrogen-bond donors (Lipinski definition) is 0. The van der Waals surface area contributed by atoms with Crippen LogP contribution in [0.1, 0.15) is 38.1 Å². The van der Waals surface area contributed by atoms with Gasteiger partial charge in [-0.05, 0) is 24.1 Å². The van der Waals surface area contributed by atoms with E-state index in [-0.39, 0.29) is 22.8 Å². The van der Waals surface area contributed by atoms with Crippen LogP contribution in [-0.4, -0.2) is 73.7 Å². The first-order valence-electron chi connectivity index (χ1n) is 9.79. The molecule has 7 nitrogen and oxygen atoms in total. The maximum absolute atomic E-state index is 12.9. The first-order valence-corrected chi connectivity index (χ1v) is 11.2. The number of nitrogens with zero attached hydrogens (tertiary/aromatic N) is 4. The number of amides is 1. The van der Waals surface area contributed by atoms with E-state index in [9.17, 15) is 18.5 Å². The van der Waals surface area contributed by atoms with Crippen molar-refractivity contribution in [3.63, 3.8) is 0 Å². The molecule has 154 valence electrons. The Balaban J connectivity index is 2.14. The SMILES string of the molecule is CCN(CC)S(=O)(=O)c1cccc(C(=O)N2CCN(C(C#N)C(C)C)CC2)c1. The van der Waals surface area contributed by atoms with Gasteiger partial charge < -0.3 is 4.90 Å². The molecular weight excluding hydrogens is 376 g/mol. The topological polar surface area (TPSA) is 84.7 Å². The van der Waals surface area contributed by atoms with Gasteiger partial charge in [-0.2, -0.15) is 9.57 Å². The van der Waals surface area contributed by atoms with Gasteiger partial charge in [-0.1, -0.05) is 33.8 Å². The number of nitriles is 1. The molecule has 1 saturated heterocycles. The molecule has 0 aromatic heterocycles. The van der Waals surface area contributed by atoms with Crippen molar-refractivity contribution in [2.75, 3.05) is 39.3 Å². The summed E-state index contributed by atoms with van der Waals surface area (Å²) in [6.07, 6.45) is 0. The zero-order valence-electron chi connectivity index (χ0n) is 17.1. The van der Waals surface area contributed by atoms with Crippen molar-refractivity contribution in [2.24, 2.45) is 5.92 Å². The molecule has 1 heterocycles. The van der Waals surface area contributed by atoms with Crippen LogP contribution in [-0.2, 0) is 10.0 Å². The summed E-state index contributed by atoms with van der Waals surface area (Å²) in [7, 11) is -3.60. The van der Waals surface area contributed by atoms with E-state index in [1.807, 2.05) is 13.8 Å². The lowest BCUT2D eigenvalue weighted by Gasteiger charge is -2.38. The summed E-state index contributed by atoms with van der Waals surface area (Å²) >= 11 is 0. The number of piperazine rings is 1. The summed E-state index contributed by atoms with van der Waals surface area (Å²) in [5.74, 6) is 0.0588. The molecule has 1 fully saturated rings. The lowest BCUT2D eigenvalue weighted by molar-refractivity contribution is 0.0576. The molecule has 0 aliphatic carbocycles. The van der Waals surface area contributed by atoms with Crippen molar-refractivity contribution in [3.8, 4) is 6.07 Å². The van der Waals surface area contributed by atoms with E-state index in [1.165, 1.54) is 16.4 Å². The number of carbonyl (C=O) groups excluding carboxylic acids is 1. The fraction of sp³-hybridized carbons (Fsp3) is 0.600. The Morgan fingerprint density at radius 3 is 2.29 bits per heavy atom. The van der Waals surface area contributed by atoms with Crippen LogP contribution in [0.3, 0.4) is 0 Å². The molecule has 1 aromatic carbocycles. The molecule has 0 N–H and O–H groups in total. The molecule has 0 saturated carbocycles. The normalized spacial score (nSPS) is 17.0. The number of benzene rings is 1. The van der Waals surface area contributed by atoms with E-state index in [0.717, 1.165) is 0 Å². The number of hydrogen-bond acceptors (Lipinski definition) is 5. The van der Waals surface area contributed by atoms with Crippen LogP contribution >= 0.6 is 0 Å². The summed E-state index contributed by atoms with van der Waals surface area (Å²) in [6.45, 7) is 10.7. The van der Waals surface area contributed by atoms with Gasteiger partial charge in [0.2, 0.25) is 10.0 Å². The number of sulfonamides is 1. The largest absolute Gasteiger partial charge is 0.336 e. The number of rotatable bonds is 7. The van der Waals surface area contributed by atoms with Gasteiger partial charge in [-0.15, -0.1) is 0 Å². The molecule has 0 spiro atoms. The van der Waals surface area contributed by atoms with E-state index in [4.69, 9.17) is 0 Å². The molecule has 1 unspecified atom stereocenters. The second kappa shape index (κ2) is 9.50. The summed E-state index contributed by atoms with van der Waals surface area (Å²) in [5, 5.41) is 9.36. The van der Waals surface area contributed by atoms with E-state index < -0.39 is 10.0 Å². The zero-order chi connectivity index (χ0) is 20.9. The predicted octanol–water partition coefficient (Wildman–Crippen LogP) is 2.02. The first kappa shape index (κ1) is 22.3. The third-order valence-corrected chi connectivity index (χ3v) is 7.23. The monoisotopic (exact) mass is 406 g/mol. The van der Waals surface area contributed by atoms with Gasteiger partial charge in [0.25, 0.3) is 5.91 Å². The standard InChI is InChI=1S/C20H30N4O3S/c1-5-24(6-2)28(26,27)18-9-7-8-17(14-18)20(25)23-12-10-22(11-13-23)19(15-21)16(3)4/h7-9,14,16,19H,5-6,10-13H2,1-4H3. The average molecular weight is 407 g/mol. The second-order valence-corrected chi connectivity index (χ2v) is 9.20. The molecular formula is C20H30N4O3S. The van der Waals surface area contributed by atoms with Crippen LogP contribution in [0.25, 0.3) is 0 Å². The third kappa shape index (κ3) is 4.72. The molecule has 0 radical (unpaired) electrons. The van der Waals surface area contributed by atoms with Gasteiger partial charge in [-0.3, -0.25) is 9.69 Å². The summed E-state index contributed by atoms with van der Waals surface area (Å²) < 4.78 is 26.8. The Kier molecular flexibility index (Phi) is 7.58. The predicted molar refractivity (Wildman–Crippen MR) is 108 cm³/mol. The molecule has 28 heavy (non-hydrogen) atoms. The molecule has 1 amide bonds. The quantitative estimate of drug-likeness (QED) is 0.692. The van der Waals surface area contributed by atoms with Crippen molar-refractivity contribution in [1.82, 2.24) is 14.1 Å². The maximum Gasteiger partial charge on any atom is 0.253 e. The highest BCUT2D eigenvalue weighted by Crippen LogP contribution is 2.19. The summed E-state index contributed by atoms with van der Waals surface area (Å²) in [6, 6.07) is 8.46. The summed E-state index contributed by atoms with van der Waals surface area (Å²) in [4.78, 5) is 16.9. The van der Waals surface area contributed by atoms with Gasteiger partial charge in [0.1, 0.15) is 6.04 Å². The van der Waals surface area contributed by atoms with Crippen LogP contribution in [0.5, 0.6) is 0 Å². The second-order valence-electron chi connectivity index (χ2n) is 7.26. The lowest BCUT2D eigenvalue weighted by atomic mass is 10.0. The fourth-order valence-corrected chi connectivity index (χ4v) is 5.04. The highest BCUT2D eigenvalue weighted by atomic mass is 32.2. The van der Waals surface area contributed by atoms with E-state index in [1.54, 1.807) is 30.9 Å². The molecule has 1 aromatic rings. The Morgan fingerprint density at radius 1 is 1.18 bits per heavy atom. The molecule has 0 bridgehead atoms. The highest BCUT2D eigenvalue weighted by Gasteiger charge is 2.29. The molecule has 1 atom stereocenters. The first-order chi connectivity index (χ1) is 13.3. The van der Waals surface area contributed by atoms with Crippen LogP contribution in [0.2, 0.25) is 0 Å². The Bertz CT molecular complexity index is 820. The zero-order valence-corrected chi connectivity index (χ0v) is 17.9. The van der Waals surface area contributed by atoms with Crippen LogP contribution in [0.15, 0.2) is 29.2 Å². The van der Waals surface area contributed by atoms with Crippen molar-refractivity contribution in [2.45, 2.75) is 38.6 Å². The average Bonchev–Trinajstić information content (AvgIpc) is 2.69. The molecule has 8 heteroatoms. The lowest BCUT2D eigenvalue weighted by Crippen LogP contribution is -2.52. The van der Waals surface area contributed by atoms with Crippen LogP contribution in [0, 0.1) is 17.2 Å². The number of carbonyl (C=O) groups is 1. The Morgan fingerprint density at radius 2 is 1.79 bits per heavy atom. The molecule has 1 aliphatic rings.